The number of amides is 3. The number of thioether (sulfide) groups is 1. The highest BCUT2D eigenvalue weighted by atomic mass is 79.9. The van der Waals surface area contributed by atoms with E-state index < -0.39 is 17.1 Å². The van der Waals surface area contributed by atoms with Crippen molar-refractivity contribution in [1.29, 1.82) is 0 Å². The van der Waals surface area contributed by atoms with E-state index in [1.165, 1.54) is 0 Å². The first-order valence-electron chi connectivity index (χ1n) is 9.86. The summed E-state index contributed by atoms with van der Waals surface area (Å²) in [5.41, 5.74) is 2.53. The molecule has 8 heteroatoms. The molecule has 3 rings (SSSR count). The largest absolute Gasteiger partial charge is 0.493 e. The summed E-state index contributed by atoms with van der Waals surface area (Å²) in [6.45, 7) is 6.29. The lowest BCUT2D eigenvalue weighted by Gasteiger charge is -2.13. The van der Waals surface area contributed by atoms with Gasteiger partial charge in [-0.1, -0.05) is 32.0 Å². The molecule has 0 radical (unpaired) electrons. The van der Waals surface area contributed by atoms with Crippen LogP contribution in [0.4, 0.5) is 10.5 Å². The third-order valence-electron chi connectivity index (χ3n) is 4.59. The highest BCUT2D eigenvalue weighted by molar-refractivity contribution is 9.10. The number of nitrogens with zero attached hydrogens (tertiary/aromatic N) is 1. The fourth-order valence-electron chi connectivity index (χ4n) is 2.96. The maximum atomic E-state index is 12.7. The van der Waals surface area contributed by atoms with Crippen LogP contribution in [0.25, 0.3) is 6.08 Å². The Bertz CT molecular complexity index is 1030. The third-order valence-corrected chi connectivity index (χ3v) is 6.12. The Labute approximate surface area is 194 Å². The minimum absolute atomic E-state index is 0.273. The van der Waals surface area contributed by atoms with E-state index in [9.17, 15) is 14.4 Å². The lowest BCUT2D eigenvalue weighted by Crippen LogP contribution is -2.36. The fraction of sp³-hybridized carbons (Fsp3) is 0.261. The molecule has 1 aliphatic rings. The summed E-state index contributed by atoms with van der Waals surface area (Å²) >= 11 is 4.26. The standard InChI is InChI=1S/C23H23BrN2O4S/c1-4-30-19-10-5-15(11-18(19)24)12-20-22(28)26(23(29)31-20)13-21(27)25-17-8-6-16(7-9-17)14(2)3/h5-12,14H,4,13H2,1-3H3,(H,25,27)/b20-12-. The predicted molar refractivity (Wildman–Crippen MR) is 127 cm³/mol. The Morgan fingerprint density at radius 3 is 2.52 bits per heavy atom. The SMILES string of the molecule is CCOc1ccc(/C=C2\SC(=O)N(CC(=O)Nc3ccc(C(C)C)cc3)C2=O)cc1Br. The zero-order chi connectivity index (χ0) is 22.5. The van der Waals surface area contributed by atoms with Crippen LogP contribution in [-0.4, -0.2) is 35.1 Å². The van der Waals surface area contributed by atoms with Crippen molar-refractivity contribution in [3.63, 3.8) is 0 Å². The third kappa shape index (κ3) is 5.77. The second-order valence-corrected chi connectivity index (χ2v) is 9.06. The van der Waals surface area contributed by atoms with Gasteiger partial charge in [-0.3, -0.25) is 19.3 Å². The summed E-state index contributed by atoms with van der Waals surface area (Å²) in [4.78, 5) is 38.6. The van der Waals surface area contributed by atoms with Gasteiger partial charge in [-0.05, 0) is 82.0 Å². The average Bonchev–Trinajstić information content (AvgIpc) is 2.98. The van der Waals surface area contributed by atoms with Gasteiger partial charge >= 0.3 is 0 Å². The number of hydrogen-bond donors (Lipinski definition) is 1. The van der Waals surface area contributed by atoms with Crippen LogP contribution in [0.5, 0.6) is 5.75 Å². The van der Waals surface area contributed by atoms with E-state index in [-0.39, 0.29) is 11.4 Å². The van der Waals surface area contributed by atoms with Gasteiger partial charge in [0.15, 0.2) is 0 Å². The van der Waals surface area contributed by atoms with Crippen molar-refractivity contribution < 1.29 is 19.1 Å². The summed E-state index contributed by atoms with van der Waals surface area (Å²) in [5.74, 6) is 0.184. The summed E-state index contributed by atoms with van der Waals surface area (Å²) < 4.78 is 6.24. The van der Waals surface area contributed by atoms with Crippen molar-refractivity contribution in [1.82, 2.24) is 4.90 Å². The fourth-order valence-corrected chi connectivity index (χ4v) is 4.31. The van der Waals surface area contributed by atoms with Crippen molar-refractivity contribution >= 4 is 56.5 Å². The normalized spacial score (nSPS) is 15.1. The van der Waals surface area contributed by atoms with E-state index in [4.69, 9.17) is 4.74 Å². The van der Waals surface area contributed by atoms with E-state index >= 15 is 0 Å². The average molecular weight is 503 g/mol. The van der Waals surface area contributed by atoms with E-state index in [0.717, 1.165) is 32.3 Å². The molecule has 162 valence electrons. The summed E-state index contributed by atoms with van der Waals surface area (Å²) in [6, 6.07) is 12.9. The maximum absolute atomic E-state index is 12.7. The summed E-state index contributed by atoms with van der Waals surface area (Å²) in [7, 11) is 0. The highest BCUT2D eigenvalue weighted by Gasteiger charge is 2.36. The number of benzene rings is 2. The van der Waals surface area contributed by atoms with Crippen molar-refractivity contribution in [3.05, 3.63) is 63.0 Å². The van der Waals surface area contributed by atoms with E-state index in [1.54, 1.807) is 18.2 Å². The van der Waals surface area contributed by atoms with Crippen LogP contribution in [0.3, 0.4) is 0 Å². The molecule has 0 saturated carbocycles. The zero-order valence-corrected chi connectivity index (χ0v) is 19.9. The molecule has 0 bridgehead atoms. The Hall–Kier alpha value is -2.58. The molecule has 2 aromatic rings. The van der Waals surface area contributed by atoms with Crippen LogP contribution in [0.15, 0.2) is 51.8 Å². The Morgan fingerprint density at radius 2 is 1.90 bits per heavy atom. The van der Waals surface area contributed by atoms with Gasteiger partial charge in [0.2, 0.25) is 5.91 Å². The number of carbonyl (C=O) groups excluding carboxylic acids is 3. The Kier molecular flexibility index (Phi) is 7.56. The number of carbonyl (C=O) groups is 3. The molecule has 1 fully saturated rings. The molecule has 0 atom stereocenters. The molecule has 0 aliphatic carbocycles. The number of rotatable bonds is 7. The maximum Gasteiger partial charge on any atom is 0.294 e. The van der Waals surface area contributed by atoms with Gasteiger partial charge < -0.3 is 10.1 Å². The van der Waals surface area contributed by atoms with Crippen LogP contribution in [0, 0.1) is 0 Å². The van der Waals surface area contributed by atoms with Crippen molar-refractivity contribution in [2.24, 2.45) is 0 Å². The van der Waals surface area contributed by atoms with Crippen molar-refractivity contribution in [3.8, 4) is 5.75 Å². The van der Waals surface area contributed by atoms with Crippen LogP contribution >= 0.6 is 27.7 Å². The molecule has 1 aliphatic heterocycles. The van der Waals surface area contributed by atoms with Crippen LogP contribution in [-0.2, 0) is 9.59 Å². The van der Waals surface area contributed by atoms with Crippen LogP contribution in [0.2, 0.25) is 0 Å². The molecule has 0 aromatic heterocycles. The van der Waals surface area contributed by atoms with Gasteiger partial charge in [0.25, 0.3) is 11.1 Å². The molecule has 1 N–H and O–H groups in total. The van der Waals surface area contributed by atoms with Gasteiger partial charge in [0.05, 0.1) is 16.0 Å². The number of ether oxygens (including phenoxy) is 1. The smallest absolute Gasteiger partial charge is 0.294 e. The number of imide groups is 1. The molecule has 6 nitrogen and oxygen atoms in total. The van der Waals surface area contributed by atoms with Crippen molar-refractivity contribution in [2.75, 3.05) is 18.5 Å². The molecule has 1 saturated heterocycles. The van der Waals surface area contributed by atoms with Gasteiger partial charge in [0, 0.05) is 5.69 Å². The topological polar surface area (TPSA) is 75.7 Å². The second kappa shape index (κ2) is 10.2. The van der Waals surface area contributed by atoms with Gasteiger partial charge in [0.1, 0.15) is 12.3 Å². The Morgan fingerprint density at radius 1 is 1.19 bits per heavy atom. The lowest BCUT2D eigenvalue weighted by atomic mass is 10.0. The first-order valence-corrected chi connectivity index (χ1v) is 11.5. The molecule has 0 spiro atoms. The number of anilines is 1. The van der Waals surface area contributed by atoms with Gasteiger partial charge in [-0.15, -0.1) is 0 Å². The first-order chi connectivity index (χ1) is 14.8. The number of hydrogen-bond acceptors (Lipinski definition) is 5. The summed E-state index contributed by atoms with van der Waals surface area (Å²) in [5, 5.41) is 2.27. The minimum Gasteiger partial charge on any atom is -0.493 e. The Balaban J connectivity index is 1.66. The molecule has 3 amide bonds. The highest BCUT2D eigenvalue weighted by Crippen LogP contribution is 2.34. The molecular weight excluding hydrogens is 480 g/mol. The van der Waals surface area contributed by atoms with E-state index in [1.807, 2.05) is 37.3 Å². The molecule has 1 heterocycles. The molecular formula is C23H23BrN2O4S. The minimum atomic E-state index is -0.481. The number of halogens is 1. The quantitative estimate of drug-likeness (QED) is 0.495. The molecule has 31 heavy (non-hydrogen) atoms. The van der Waals surface area contributed by atoms with Gasteiger partial charge in [-0.2, -0.15) is 0 Å². The van der Waals surface area contributed by atoms with Crippen LogP contribution in [0.1, 0.15) is 37.8 Å². The zero-order valence-electron chi connectivity index (χ0n) is 17.5. The second-order valence-electron chi connectivity index (χ2n) is 7.22. The predicted octanol–water partition coefficient (Wildman–Crippen LogP) is 5.65. The first kappa shape index (κ1) is 23.1. The molecule has 2 aromatic carbocycles. The summed E-state index contributed by atoms with van der Waals surface area (Å²) in [6.07, 6.45) is 1.63. The monoisotopic (exact) mass is 502 g/mol. The number of nitrogens with one attached hydrogen (secondary N) is 1. The molecule has 0 unspecified atom stereocenters. The van der Waals surface area contributed by atoms with Crippen LogP contribution < -0.4 is 10.1 Å². The lowest BCUT2D eigenvalue weighted by molar-refractivity contribution is -0.127. The van der Waals surface area contributed by atoms with Gasteiger partial charge in [-0.25, -0.2) is 0 Å². The van der Waals surface area contributed by atoms with Crippen molar-refractivity contribution in [2.45, 2.75) is 26.7 Å². The van der Waals surface area contributed by atoms with E-state index in [2.05, 4.69) is 35.1 Å². The van der Waals surface area contributed by atoms with E-state index in [0.29, 0.717) is 24.0 Å².